The second kappa shape index (κ2) is 5.50. The molecule has 0 amide bonds. The zero-order chi connectivity index (χ0) is 12.3. The maximum Gasteiger partial charge on any atom is 0.128 e. The van der Waals surface area contributed by atoms with Crippen LogP contribution in [0.2, 0.25) is 0 Å². The van der Waals surface area contributed by atoms with E-state index < -0.39 is 0 Å². The van der Waals surface area contributed by atoms with Crippen molar-refractivity contribution in [3.8, 4) is 0 Å². The second-order valence-electron chi connectivity index (χ2n) is 5.25. The first kappa shape index (κ1) is 12.4. The molecule has 0 aliphatic carbocycles. The number of anilines is 1. The molecule has 2 rings (SSSR count). The van der Waals surface area contributed by atoms with Gasteiger partial charge in [-0.1, -0.05) is 19.9 Å². The molecular formula is C14H23N3. The zero-order valence-electron chi connectivity index (χ0n) is 11.2. The maximum atomic E-state index is 4.60. The predicted molar refractivity (Wildman–Crippen MR) is 72.7 cm³/mol. The summed E-state index contributed by atoms with van der Waals surface area (Å²) in [4.78, 5) is 9.39. The summed E-state index contributed by atoms with van der Waals surface area (Å²) >= 11 is 0. The van der Waals surface area contributed by atoms with Gasteiger partial charge in [-0.05, 0) is 37.6 Å². The number of hydrogen-bond acceptors (Lipinski definition) is 3. The van der Waals surface area contributed by atoms with Gasteiger partial charge in [-0.2, -0.15) is 0 Å². The minimum Gasteiger partial charge on any atom is -0.355 e. The molecular weight excluding hydrogens is 210 g/mol. The van der Waals surface area contributed by atoms with Gasteiger partial charge < -0.3 is 9.80 Å². The summed E-state index contributed by atoms with van der Waals surface area (Å²) in [5.74, 6) is 1.69. The first-order valence-electron chi connectivity index (χ1n) is 6.56. The van der Waals surface area contributed by atoms with Crippen molar-refractivity contribution in [1.82, 2.24) is 9.88 Å². The van der Waals surface area contributed by atoms with Gasteiger partial charge in [0, 0.05) is 25.8 Å². The fraction of sp³-hybridized carbons (Fsp3) is 0.643. The van der Waals surface area contributed by atoms with Crippen LogP contribution in [0.15, 0.2) is 18.3 Å². The molecule has 0 aromatic carbocycles. The lowest BCUT2D eigenvalue weighted by atomic mass is 10.1. The maximum absolute atomic E-state index is 4.60. The fourth-order valence-corrected chi connectivity index (χ4v) is 2.20. The van der Waals surface area contributed by atoms with Crippen LogP contribution in [0, 0.1) is 0 Å². The van der Waals surface area contributed by atoms with E-state index in [0.717, 1.165) is 25.5 Å². The molecule has 0 atom stereocenters. The van der Waals surface area contributed by atoms with E-state index in [1.165, 1.54) is 18.5 Å². The van der Waals surface area contributed by atoms with Crippen molar-refractivity contribution in [3.63, 3.8) is 0 Å². The van der Waals surface area contributed by atoms with Crippen molar-refractivity contribution >= 4 is 5.82 Å². The van der Waals surface area contributed by atoms with E-state index in [0.29, 0.717) is 5.92 Å². The van der Waals surface area contributed by atoms with Crippen LogP contribution >= 0.6 is 0 Å². The van der Waals surface area contributed by atoms with E-state index in [-0.39, 0.29) is 0 Å². The molecule has 3 nitrogen and oxygen atoms in total. The number of aromatic nitrogens is 1. The molecule has 3 heteroatoms. The van der Waals surface area contributed by atoms with Crippen LogP contribution in [-0.4, -0.2) is 43.1 Å². The van der Waals surface area contributed by atoms with Crippen molar-refractivity contribution in [2.24, 2.45) is 0 Å². The average molecular weight is 233 g/mol. The van der Waals surface area contributed by atoms with Crippen LogP contribution in [0.4, 0.5) is 5.82 Å². The first-order valence-corrected chi connectivity index (χ1v) is 6.56. The number of rotatable bonds is 2. The van der Waals surface area contributed by atoms with Crippen molar-refractivity contribution in [3.05, 3.63) is 23.9 Å². The van der Waals surface area contributed by atoms with Gasteiger partial charge in [0.25, 0.3) is 0 Å². The van der Waals surface area contributed by atoms with Gasteiger partial charge in [-0.25, -0.2) is 4.98 Å². The van der Waals surface area contributed by atoms with Gasteiger partial charge in [0.05, 0.1) is 0 Å². The largest absolute Gasteiger partial charge is 0.355 e. The summed E-state index contributed by atoms with van der Waals surface area (Å²) in [6.45, 7) is 8.95. The second-order valence-corrected chi connectivity index (χ2v) is 5.25. The van der Waals surface area contributed by atoms with Gasteiger partial charge in [-0.15, -0.1) is 0 Å². The monoisotopic (exact) mass is 233 g/mol. The third-order valence-corrected chi connectivity index (χ3v) is 3.48. The highest BCUT2D eigenvalue weighted by molar-refractivity contribution is 5.40. The number of pyridine rings is 1. The molecule has 1 fully saturated rings. The van der Waals surface area contributed by atoms with E-state index in [2.05, 4.69) is 47.8 Å². The SMILES string of the molecule is CC(C)c1ccc(N2CCCN(C)CC2)nc1. The lowest BCUT2D eigenvalue weighted by molar-refractivity contribution is 0.360. The molecule has 0 bridgehead atoms. The Labute approximate surface area is 104 Å². The highest BCUT2D eigenvalue weighted by atomic mass is 15.2. The summed E-state index contributed by atoms with van der Waals surface area (Å²) in [6, 6.07) is 4.38. The lowest BCUT2D eigenvalue weighted by Crippen LogP contribution is -2.29. The Balaban J connectivity index is 2.06. The van der Waals surface area contributed by atoms with E-state index in [1.807, 2.05) is 6.20 Å². The highest BCUT2D eigenvalue weighted by Gasteiger charge is 2.13. The van der Waals surface area contributed by atoms with Crippen molar-refractivity contribution in [1.29, 1.82) is 0 Å². The van der Waals surface area contributed by atoms with E-state index in [4.69, 9.17) is 0 Å². The standard InChI is InChI=1S/C14H23N3/c1-12(2)13-5-6-14(15-11-13)17-8-4-7-16(3)9-10-17/h5-6,11-12H,4,7-10H2,1-3H3. The Morgan fingerprint density at radius 2 is 1.94 bits per heavy atom. The minimum absolute atomic E-state index is 0.562. The normalized spacial score (nSPS) is 18.5. The zero-order valence-corrected chi connectivity index (χ0v) is 11.2. The Hall–Kier alpha value is -1.09. The van der Waals surface area contributed by atoms with Crippen molar-refractivity contribution in [2.45, 2.75) is 26.2 Å². The van der Waals surface area contributed by atoms with Crippen molar-refractivity contribution in [2.75, 3.05) is 38.1 Å². The average Bonchev–Trinajstić information content (AvgIpc) is 2.54. The van der Waals surface area contributed by atoms with Gasteiger partial charge >= 0.3 is 0 Å². The molecule has 0 spiro atoms. The van der Waals surface area contributed by atoms with E-state index in [1.54, 1.807) is 0 Å². The molecule has 94 valence electrons. The van der Waals surface area contributed by atoms with Crippen LogP contribution in [0.1, 0.15) is 31.7 Å². The molecule has 0 N–H and O–H groups in total. The summed E-state index contributed by atoms with van der Waals surface area (Å²) in [7, 11) is 2.19. The Kier molecular flexibility index (Phi) is 4.00. The van der Waals surface area contributed by atoms with Crippen LogP contribution in [-0.2, 0) is 0 Å². The number of nitrogens with zero attached hydrogens (tertiary/aromatic N) is 3. The minimum atomic E-state index is 0.562. The smallest absolute Gasteiger partial charge is 0.128 e. The van der Waals surface area contributed by atoms with Crippen LogP contribution in [0.25, 0.3) is 0 Å². The number of hydrogen-bond donors (Lipinski definition) is 0. The Bertz CT molecular complexity index is 345. The van der Waals surface area contributed by atoms with E-state index in [9.17, 15) is 0 Å². The molecule has 0 saturated carbocycles. The molecule has 17 heavy (non-hydrogen) atoms. The molecule has 0 unspecified atom stereocenters. The topological polar surface area (TPSA) is 19.4 Å². The molecule has 0 radical (unpaired) electrons. The van der Waals surface area contributed by atoms with Gasteiger partial charge in [0.15, 0.2) is 0 Å². The third kappa shape index (κ3) is 3.19. The van der Waals surface area contributed by atoms with Gasteiger partial charge in [0.1, 0.15) is 5.82 Å². The van der Waals surface area contributed by atoms with Crippen molar-refractivity contribution < 1.29 is 0 Å². The van der Waals surface area contributed by atoms with E-state index >= 15 is 0 Å². The molecule has 1 aromatic rings. The predicted octanol–water partition coefficient (Wildman–Crippen LogP) is 2.35. The molecule has 1 aliphatic heterocycles. The summed E-state index contributed by atoms with van der Waals surface area (Å²) in [6.07, 6.45) is 3.25. The summed E-state index contributed by atoms with van der Waals surface area (Å²) < 4.78 is 0. The summed E-state index contributed by atoms with van der Waals surface area (Å²) in [5, 5.41) is 0. The van der Waals surface area contributed by atoms with Gasteiger partial charge in [0.2, 0.25) is 0 Å². The molecule has 1 saturated heterocycles. The Morgan fingerprint density at radius 1 is 1.12 bits per heavy atom. The molecule has 1 aromatic heterocycles. The Morgan fingerprint density at radius 3 is 2.59 bits per heavy atom. The van der Waals surface area contributed by atoms with Gasteiger partial charge in [-0.3, -0.25) is 0 Å². The quantitative estimate of drug-likeness (QED) is 0.781. The third-order valence-electron chi connectivity index (χ3n) is 3.48. The number of likely N-dealkylation sites (N-methyl/N-ethyl adjacent to an activating group) is 1. The lowest BCUT2D eigenvalue weighted by Gasteiger charge is -2.21. The van der Waals surface area contributed by atoms with Crippen LogP contribution in [0.5, 0.6) is 0 Å². The fourth-order valence-electron chi connectivity index (χ4n) is 2.20. The molecule has 2 heterocycles. The first-order chi connectivity index (χ1) is 8.16. The van der Waals surface area contributed by atoms with Crippen LogP contribution in [0.3, 0.4) is 0 Å². The van der Waals surface area contributed by atoms with Crippen LogP contribution < -0.4 is 4.90 Å². The highest BCUT2D eigenvalue weighted by Crippen LogP contribution is 2.18. The molecule has 1 aliphatic rings. The summed E-state index contributed by atoms with van der Waals surface area (Å²) in [5.41, 5.74) is 1.32.